The first-order valence-corrected chi connectivity index (χ1v) is 12.4. The molecule has 0 aliphatic carbocycles. The Balaban J connectivity index is 1.83. The SMILES string of the molecule is CC(C)OCCSCCCCCCCCCCCCc1ccc(C(F)(F)F)cc1. The van der Waals surface area contributed by atoms with E-state index in [4.69, 9.17) is 4.74 Å². The van der Waals surface area contributed by atoms with Gasteiger partial charge in [-0.3, -0.25) is 0 Å². The molecule has 168 valence electrons. The highest BCUT2D eigenvalue weighted by Crippen LogP contribution is 2.29. The van der Waals surface area contributed by atoms with Gasteiger partial charge >= 0.3 is 6.18 Å². The Labute approximate surface area is 180 Å². The third-order valence-corrected chi connectivity index (χ3v) is 6.00. The highest BCUT2D eigenvalue weighted by molar-refractivity contribution is 7.99. The summed E-state index contributed by atoms with van der Waals surface area (Å²) in [6, 6.07) is 5.60. The van der Waals surface area contributed by atoms with E-state index in [-0.39, 0.29) is 0 Å². The minimum atomic E-state index is -4.24. The summed E-state index contributed by atoms with van der Waals surface area (Å²) in [7, 11) is 0. The van der Waals surface area contributed by atoms with Crippen molar-refractivity contribution < 1.29 is 17.9 Å². The van der Waals surface area contributed by atoms with E-state index in [1.165, 1.54) is 75.7 Å². The van der Waals surface area contributed by atoms with Crippen LogP contribution in [0.25, 0.3) is 0 Å². The molecule has 0 aliphatic heterocycles. The summed E-state index contributed by atoms with van der Waals surface area (Å²) < 4.78 is 43.1. The standard InChI is InChI=1S/C24H39F3OS/c1-21(2)28-18-20-29-19-12-10-8-6-4-3-5-7-9-11-13-22-14-16-23(17-15-22)24(25,26)27/h14-17,21H,3-13,18-20H2,1-2H3. The average molecular weight is 433 g/mol. The molecule has 0 bridgehead atoms. The fraction of sp³-hybridized carbons (Fsp3) is 0.750. The van der Waals surface area contributed by atoms with E-state index in [1.54, 1.807) is 12.1 Å². The molecule has 0 N–H and O–H groups in total. The summed E-state index contributed by atoms with van der Waals surface area (Å²) in [5, 5.41) is 0. The van der Waals surface area contributed by atoms with E-state index >= 15 is 0 Å². The van der Waals surface area contributed by atoms with Crippen LogP contribution in [0.3, 0.4) is 0 Å². The lowest BCUT2D eigenvalue weighted by atomic mass is 10.0. The summed E-state index contributed by atoms with van der Waals surface area (Å²) in [5.41, 5.74) is 0.444. The van der Waals surface area contributed by atoms with Crippen LogP contribution in [-0.2, 0) is 17.3 Å². The van der Waals surface area contributed by atoms with Crippen molar-refractivity contribution in [1.82, 2.24) is 0 Å². The second kappa shape index (κ2) is 16.1. The van der Waals surface area contributed by atoms with Crippen LogP contribution >= 0.6 is 11.8 Å². The Morgan fingerprint density at radius 3 is 1.79 bits per heavy atom. The molecule has 5 heteroatoms. The minimum Gasteiger partial charge on any atom is -0.378 e. The molecule has 1 rings (SSSR count). The van der Waals surface area contributed by atoms with Gasteiger partial charge in [-0.15, -0.1) is 0 Å². The normalized spacial score (nSPS) is 12.1. The van der Waals surface area contributed by atoms with Gasteiger partial charge in [-0.05, 0) is 56.6 Å². The van der Waals surface area contributed by atoms with Crippen LogP contribution in [0.5, 0.6) is 0 Å². The van der Waals surface area contributed by atoms with E-state index < -0.39 is 11.7 Å². The second-order valence-electron chi connectivity index (χ2n) is 8.01. The summed E-state index contributed by atoms with van der Waals surface area (Å²) in [5.74, 6) is 2.36. The zero-order valence-electron chi connectivity index (χ0n) is 18.2. The molecule has 0 radical (unpaired) electrons. The van der Waals surface area contributed by atoms with Crippen LogP contribution in [0.4, 0.5) is 13.2 Å². The molecule has 29 heavy (non-hydrogen) atoms. The van der Waals surface area contributed by atoms with Crippen molar-refractivity contribution in [1.29, 1.82) is 0 Å². The largest absolute Gasteiger partial charge is 0.416 e. The number of hydrogen-bond donors (Lipinski definition) is 0. The fourth-order valence-electron chi connectivity index (χ4n) is 3.25. The molecule has 1 aromatic carbocycles. The van der Waals surface area contributed by atoms with Crippen molar-refractivity contribution in [3.63, 3.8) is 0 Å². The molecular weight excluding hydrogens is 393 g/mol. The number of benzene rings is 1. The Morgan fingerprint density at radius 1 is 0.759 bits per heavy atom. The van der Waals surface area contributed by atoms with Crippen LogP contribution in [-0.4, -0.2) is 24.2 Å². The molecular formula is C24H39F3OS. The molecule has 0 unspecified atom stereocenters. The molecule has 1 nitrogen and oxygen atoms in total. The molecule has 0 aliphatic rings. The molecule has 0 saturated heterocycles. The van der Waals surface area contributed by atoms with Gasteiger partial charge in [0.2, 0.25) is 0 Å². The van der Waals surface area contributed by atoms with Crippen LogP contribution in [0.2, 0.25) is 0 Å². The van der Waals surface area contributed by atoms with Gasteiger partial charge < -0.3 is 4.74 Å². The van der Waals surface area contributed by atoms with Gasteiger partial charge in [0.1, 0.15) is 0 Å². The molecule has 0 atom stereocenters. The average Bonchev–Trinajstić information content (AvgIpc) is 2.67. The van der Waals surface area contributed by atoms with Gasteiger partial charge in [0.15, 0.2) is 0 Å². The van der Waals surface area contributed by atoms with E-state index in [0.717, 1.165) is 30.8 Å². The number of ether oxygens (including phenoxy) is 1. The van der Waals surface area contributed by atoms with Gasteiger partial charge in [-0.2, -0.15) is 24.9 Å². The number of aryl methyl sites for hydroxylation is 1. The molecule has 1 aromatic rings. The molecule has 0 saturated carbocycles. The first kappa shape index (κ1) is 26.4. The zero-order chi connectivity index (χ0) is 21.4. The lowest BCUT2D eigenvalue weighted by molar-refractivity contribution is -0.137. The van der Waals surface area contributed by atoms with Gasteiger partial charge in [-0.1, -0.05) is 63.5 Å². The van der Waals surface area contributed by atoms with Crippen LogP contribution in [0, 0.1) is 0 Å². The Bertz CT molecular complexity index is 500. The fourth-order valence-corrected chi connectivity index (χ4v) is 4.08. The van der Waals surface area contributed by atoms with Crippen molar-refractivity contribution in [3.8, 4) is 0 Å². The topological polar surface area (TPSA) is 9.23 Å². The summed E-state index contributed by atoms with van der Waals surface area (Å²) in [4.78, 5) is 0. The van der Waals surface area contributed by atoms with Crippen LogP contribution in [0.1, 0.15) is 89.2 Å². The zero-order valence-corrected chi connectivity index (χ0v) is 19.1. The van der Waals surface area contributed by atoms with Crippen LogP contribution in [0.15, 0.2) is 24.3 Å². The number of thioether (sulfide) groups is 1. The minimum absolute atomic E-state index is 0.342. The predicted molar refractivity (Wildman–Crippen MR) is 120 cm³/mol. The first-order chi connectivity index (χ1) is 13.9. The van der Waals surface area contributed by atoms with Crippen LogP contribution < -0.4 is 0 Å². The molecule has 0 heterocycles. The monoisotopic (exact) mass is 432 g/mol. The number of unbranched alkanes of at least 4 members (excludes halogenated alkanes) is 9. The third kappa shape index (κ3) is 14.9. The summed E-state index contributed by atoms with van der Waals surface area (Å²) in [6.07, 6.45) is 9.69. The van der Waals surface area contributed by atoms with E-state index in [9.17, 15) is 13.2 Å². The lowest BCUT2D eigenvalue weighted by Crippen LogP contribution is -2.05. The summed E-state index contributed by atoms with van der Waals surface area (Å²) >= 11 is 2.00. The maximum absolute atomic E-state index is 12.5. The number of alkyl halides is 3. The number of hydrogen-bond acceptors (Lipinski definition) is 2. The Hall–Kier alpha value is -0.680. The van der Waals surface area contributed by atoms with Gasteiger partial charge in [-0.25, -0.2) is 0 Å². The molecule has 0 fully saturated rings. The number of rotatable bonds is 17. The lowest BCUT2D eigenvalue weighted by Gasteiger charge is -2.07. The van der Waals surface area contributed by atoms with E-state index in [2.05, 4.69) is 13.8 Å². The maximum atomic E-state index is 12.5. The highest BCUT2D eigenvalue weighted by Gasteiger charge is 2.29. The Kier molecular flexibility index (Phi) is 14.6. The van der Waals surface area contributed by atoms with Gasteiger partial charge in [0, 0.05) is 5.75 Å². The van der Waals surface area contributed by atoms with Crippen molar-refractivity contribution in [2.75, 3.05) is 18.1 Å². The molecule has 0 amide bonds. The van der Waals surface area contributed by atoms with E-state index in [0.29, 0.717) is 6.10 Å². The van der Waals surface area contributed by atoms with Crippen molar-refractivity contribution in [3.05, 3.63) is 35.4 Å². The van der Waals surface area contributed by atoms with Gasteiger partial charge in [0.25, 0.3) is 0 Å². The second-order valence-corrected chi connectivity index (χ2v) is 9.24. The number of halogens is 3. The molecule has 0 aromatic heterocycles. The first-order valence-electron chi connectivity index (χ1n) is 11.2. The van der Waals surface area contributed by atoms with Gasteiger partial charge in [0.05, 0.1) is 18.3 Å². The van der Waals surface area contributed by atoms with Crippen molar-refractivity contribution in [2.24, 2.45) is 0 Å². The van der Waals surface area contributed by atoms with Crippen molar-refractivity contribution in [2.45, 2.75) is 96.8 Å². The molecule has 0 spiro atoms. The third-order valence-electron chi connectivity index (χ3n) is 4.96. The summed E-state index contributed by atoms with van der Waals surface area (Å²) in [6.45, 7) is 5.02. The van der Waals surface area contributed by atoms with Crippen molar-refractivity contribution >= 4 is 11.8 Å². The maximum Gasteiger partial charge on any atom is 0.416 e. The van der Waals surface area contributed by atoms with E-state index in [1.807, 2.05) is 11.8 Å². The predicted octanol–water partition coefficient (Wildman–Crippen LogP) is 8.31. The highest BCUT2D eigenvalue weighted by atomic mass is 32.2. The Morgan fingerprint density at radius 2 is 1.28 bits per heavy atom. The smallest absolute Gasteiger partial charge is 0.378 e. The quantitative estimate of drug-likeness (QED) is 0.229.